The molecule has 0 fully saturated rings. The quantitative estimate of drug-likeness (QED) is 0.384. The number of rotatable bonds is 7. The molecular weight excluding hydrogens is 429 g/mol. The third kappa shape index (κ3) is 5.34. The summed E-state index contributed by atoms with van der Waals surface area (Å²) in [6.45, 7) is 2.76. The van der Waals surface area contributed by atoms with E-state index in [1.54, 1.807) is 28.9 Å². The molecule has 0 atom stereocenters. The minimum absolute atomic E-state index is 0.251. The largest absolute Gasteiger partial charge is 0.489 e. The molecule has 5 nitrogen and oxygen atoms in total. The van der Waals surface area contributed by atoms with Gasteiger partial charge in [0.2, 0.25) is 0 Å². The molecule has 7 heteroatoms. The first-order valence-corrected chi connectivity index (χ1v) is 10.4. The molecule has 1 aromatic heterocycles. The first kappa shape index (κ1) is 21.6. The summed E-state index contributed by atoms with van der Waals surface area (Å²) in [4.78, 5) is 12.6. The molecule has 0 aliphatic carbocycles. The van der Waals surface area contributed by atoms with Gasteiger partial charge in [0.1, 0.15) is 18.2 Å². The number of hydrogen-bond acceptors (Lipinski definition) is 3. The Balaban J connectivity index is 1.36. The second kappa shape index (κ2) is 9.66. The van der Waals surface area contributed by atoms with Crippen LogP contribution in [0.3, 0.4) is 0 Å². The summed E-state index contributed by atoms with van der Waals surface area (Å²) < 4.78 is 20.4. The highest BCUT2D eigenvalue weighted by molar-refractivity contribution is 6.31. The summed E-state index contributed by atoms with van der Waals surface area (Å²) in [7, 11) is 0. The lowest BCUT2D eigenvalue weighted by Crippen LogP contribution is -2.13. The number of halogens is 2. The topological polar surface area (TPSA) is 56.1 Å². The van der Waals surface area contributed by atoms with Crippen LogP contribution >= 0.6 is 11.6 Å². The predicted molar refractivity (Wildman–Crippen MR) is 123 cm³/mol. The number of benzene rings is 3. The van der Waals surface area contributed by atoms with Gasteiger partial charge in [0.15, 0.2) is 5.82 Å². The molecule has 0 aliphatic heterocycles. The average Bonchev–Trinajstić information content (AvgIpc) is 3.13. The highest BCUT2D eigenvalue weighted by Crippen LogP contribution is 2.19. The Bertz CT molecular complexity index is 1220. The number of carbonyl (C=O) groups is 1. The van der Waals surface area contributed by atoms with Crippen LogP contribution in [0.2, 0.25) is 5.02 Å². The van der Waals surface area contributed by atoms with Crippen molar-refractivity contribution in [3.8, 4) is 5.75 Å². The molecule has 3 aromatic carbocycles. The zero-order valence-corrected chi connectivity index (χ0v) is 18.1. The minimum atomic E-state index is -0.309. The van der Waals surface area contributed by atoms with E-state index < -0.39 is 0 Å². The van der Waals surface area contributed by atoms with E-state index >= 15 is 0 Å². The van der Waals surface area contributed by atoms with E-state index in [-0.39, 0.29) is 11.7 Å². The van der Waals surface area contributed by atoms with E-state index in [4.69, 9.17) is 16.3 Å². The van der Waals surface area contributed by atoms with E-state index in [9.17, 15) is 9.18 Å². The van der Waals surface area contributed by atoms with Crippen LogP contribution in [-0.2, 0) is 13.2 Å². The summed E-state index contributed by atoms with van der Waals surface area (Å²) in [6, 6.07) is 22.4. The van der Waals surface area contributed by atoms with Crippen LogP contribution in [0.25, 0.3) is 0 Å². The normalized spacial score (nSPS) is 10.7. The number of amides is 1. The van der Waals surface area contributed by atoms with Gasteiger partial charge in [0.05, 0.1) is 6.54 Å². The number of anilines is 1. The van der Waals surface area contributed by atoms with Crippen molar-refractivity contribution in [3.63, 3.8) is 0 Å². The van der Waals surface area contributed by atoms with Gasteiger partial charge in [0.25, 0.3) is 5.91 Å². The van der Waals surface area contributed by atoms with Crippen molar-refractivity contribution < 1.29 is 13.9 Å². The van der Waals surface area contributed by atoms with Gasteiger partial charge in [-0.3, -0.25) is 9.48 Å². The highest BCUT2D eigenvalue weighted by Gasteiger charge is 2.11. The second-order valence-electron chi connectivity index (χ2n) is 7.31. The van der Waals surface area contributed by atoms with Gasteiger partial charge in [0, 0.05) is 22.3 Å². The molecule has 0 bridgehead atoms. The smallest absolute Gasteiger partial charge is 0.256 e. The third-order valence-electron chi connectivity index (χ3n) is 4.94. The van der Waals surface area contributed by atoms with Gasteiger partial charge >= 0.3 is 0 Å². The fraction of sp³-hybridized carbons (Fsp3) is 0.120. The van der Waals surface area contributed by atoms with Crippen molar-refractivity contribution in [2.75, 3.05) is 5.32 Å². The SMILES string of the molecule is Cc1cc(NC(=O)c2ccc(COc3ccc(F)cc3)cc2)nn1Cc1ccccc1Cl. The molecular formula is C25H21ClFN3O2. The Hall–Kier alpha value is -3.64. The lowest BCUT2D eigenvalue weighted by atomic mass is 10.1. The number of nitrogens with one attached hydrogen (secondary N) is 1. The summed E-state index contributed by atoms with van der Waals surface area (Å²) in [5.74, 6) is 0.495. The Morgan fingerprint density at radius 1 is 1.06 bits per heavy atom. The maximum absolute atomic E-state index is 13.0. The molecule has 162 valence electrons. The van der Waals surface area contributed by atoms with Crippen LogP contribution in [0.1, 0.15) is 27.2 Å². The Morgan fingerprint density at radius 2 is 1.78 bits per heavy atom. The van der Waals surface area contributed by atoms with Crippen LogP contribution in [0.15, 0.2) is 78.9 Å². The Morgan fingerprint density at radius 3 is 2.50 bits per heavy atom. The number of nitrogens with zero attached hydrogens (tertiary/aromatic N) is 2. The number of aromatic nitrogens is 2. The maximum atomic E-state index is 13.0. The molecule has 1 N–H and O–H groups in total. The lowest BCUT2D eigenvalue weighted by molar-refractivity contribution is 0.102. The molecule has 4 rings (SSSR count). The monoisotopic (exact) mass is 449 g/mol. The minimum Gasteiger partial charge on any atom is -0.489 e. The van der Waals surface area contributed by atoms with E-state index in [0.29, 0.717) is 35.3 Å². The van der Waals surface area contributed by atoms with Gasteiger partial charge < -0.3 is 10.1 Å². The molecule has 4 aromatic rings. The van der Waals surface area contributed by atoms with Gasteiger partial charge in [-0.25, -0.2) is 4.39 Å². The van der Waals surface area contributed by atoms with E-state index in [2.05, 4.69) is 10.4 Å². The van der Waals surface area contributed by atoms with Gasteiger partial charge in [-0.15, -0.1) is 0 Å². The predicted octanol–water partition coefficient (Wildman–Crippen LogP) is 5.86. The first-order chi connectivity index (χ1) is 15.5. The molecule has 32 heavy (non-hydrogen) atoms. The van der Waals surface area contributed by atoms with Crippen LogP contribution in [-0.4, -0.2) is 15.7 Å². The molecule has 0 aliphatic rings. The zero-order chi connectivity index (χ0) is 22.5. The van der Waals surface area contributed by atoms with Gasteiger partial charge in [-0.05, 0) is 60.5 Å². The van der Waals surface area contributed by atoms with Gasteiger partial charge in [-0.1, -0.05) is 41.9 Å². The van der Waals surface area contributed by atoms with E-state index in [1.807, 2.05) is 49.4 Å². The fourth-order valence-corrected chi connectivity index (χ4v) is 3.35. The molecule has 0 saturated heterocycles. The third-order valence-corrected chi connectivity index (χ3v) is 5.30. The van der Waals surface area contributed by atoms with Crippen molar-refractivity contribution in [2.45, 2.75) is 20.1 Å². The Kier molecular flexibility index (Phi) is 6.52. The molecule has 1 amide bonds. The standard InChI is InChI=1S/C25H21ClFN3O2/c1-17-14-24(29-30(17)15-20-4-2-3-5-23(20)26)28-25(31)19-8-6-18(7-9-19)16-32-22-12-10-21(27)11-13-22/h2-14H,15-16H2,1H3,(H,28,29,31). The fourth-order valence-electron chi connectivity index (χ4n) is 3.16. The van der Waals surface area contributed by atoms with Gasteiger partial charge in [-0.2, -0.15) is 5.10 Å². The number of carbonyl (C=O) groups excluding carboxylic acids is 1. The van der Waals surface area contributed by atoms with Crippen molar-refractivity contribution in [1.29, 1.82) is 0 Å². The van der Waals surface area contributed by atoms with E-state index in [1.165, 1.54) is 12.1 Å². The molecule has 0 unspecified atom stereocenters. The molecule has 0 spiro atoms. The van der Waals surface area contributed by atoms with Crippen LogP contribution in [0.5, 0.6) is 5.75 Å². The van der Waals surface area contributed by atoms with Crippen molar-refractivity contribution >= 4 is 23.3 Å². The molecule has 0 saturated carbocycles. The average molecular weight is 450 g/mol. The lowest BCUT2D eigenvalue weighted by Gasteiger charge is -2.07. The number of ether oxygens (including phenoxy) is 1. The van der Waals surface area contributed by atoms with Crippen molar-refractivity contribution in [3.05, 3.63) is 112 Å². The van der Waals surface area contributed by atoms with Crippen molar-refractivity contribution in [1.82, 2.24) is 9.78 Å². The van der Waals surface area contributed by atoms with Crippen LogP contribution in [0.4, 0.5) is 10.2 Å². The zero-order valence-electron chi connectivity index (χ0n) is 17.4. The number of aryl methyl sites for hydroxylation is 1. The highest BCUT2D eigenvalue weighted by atomic mass is 35.5. The van der Waals surface area contributed by atoms with Crippen molar-refractivity contribution in [2.24, 2.45) is 0 Å². The van der Waals surface area contributed by atoms with E-state index in [0.717, 1.165) is 16.8 Å². The maximum Gasteiger partial charge on any atom is 0.256 e. The van der Waals surface area contributed by atoms with Crippen LogP contribution < -0.4 is 10.1 Å². The summed E-state index contributed by atoms with van der Waals surface area (Å²) in [5, 5.41) is 7.99. The van der Waals surface area contributed by atoms with Crippen LogP contribution in [0, 0.1) is 12.7 Å². The second-order valence-corrected chi connectivity index (χ2v) is 7.72. The summed E-state index contributed by atoms with van der Waals surface area (Å²) in [5.41, 5.74) is 3.27. The first-order valence-electron chi connectivity index (χ1n) is 10.0. The summed E-state index contributed by atoms with van der Waals surface area (Å²) >= 11 is 6.24. The summed E-state index contributed by atoms with van der Waals surface area (Å²) in [6.07, 6.45) is 0. The molecule has 0 radical (unpaired) electrons. The Labute approximate surface area is 190 Å². The molecule has 1 heterocycles. The number of hydrogen-bond donors (Lipinski definition) is 1.